The van der Waals surface area contributed by atoms with E-state index in [0.29, 0.717) is 6.54 Å². The van der Waals surface area contributed by atoms with Gasteiger partial charge in [-0.05, 0) is 18.1 Å². The van der Waals surface area contributed by atoms with Gasteiger partial charge in [0.2, 0.25) is 5.91 Å². The molecule has 0 spiro atoms. The third kappa shape index (κ3) is 2.30. The Labute approximate surface area is 99.9 Å². The third-order valence-electron chi connectivity index (χ3n) is 3.19. The SMILES string of the molecule is C[C@@H]1c2ccccc2CN1C(=O)CCC(=O)O. The first-order valence-corrected chi connectivity index (χ1v) is 5.68. The van der Waals surface area contributed by atoms with Gasteiger partial charge < -0.3 is 10.0 Å². The number of carboxylic acid groups (broad SMARTS) is 1. The van der Waals surface area contributed by atoms with Crippen LogP contribution in [0, 0.1) is 0 Å². The molecule has 1 amide bonds. The van der Waals surface area contributed by atoms with Crippen LogP contribution in [-0.2, 0) is 16.1 Å². The number of carboxylic acids is 1. The van der Waals surface area contributed by atoms with Gasteiger partial charge in [0.05, 0.1) is 12.5 Å². The first kappa shape index (κ1) is 11.6. The van der Waals surface area contributed by atoms with Crippen LogP contribution in [0.25, 0.3) is 0 Å². The lowest BCUT2D eigenvalue weighted by atomic mass is 10.1. The Hall–Kier alpha value is -1.84. The number of carbonyl (C=O) groups is 2. The van der Waals surface area contributed by atoms with Gasteiger partial charge in [0.25, 0.3) is 0 Å². The minimum atomic E-state index is -0.928. The number of amides is 1. The van der Waals surface area contributed by atoms with Crippen molar-refractivity contribution in [3.8, 4) is 0 Å². The highest BCUT2D eigenvalue weighted by Crippen LogP contribution is 2.33. The summed E-state index contributed by atoms with van der Waals surface area (Å²) in [5.41, 5.74) is 2.32. The largest absolute Gasteiger partial charge is 0.481 e. The highest BCUT2D eigenvalue weighted by molar-refractivity contribution is 5.81. The molecule has 0 aromatic heterocycles. The van der Waals surface area contributed by atoms with Crippen molar-refractivity contribution >= 4 is 11.9 Å². The van der Waals surface area contributed by atoms with E-state index in [9.17, 15) is 9.59 Å². The Morgan fingerprint density at radius 2 is 2.06 bits per heavy atom. The molecule has 1 aliphatic heterocycles. The molecular formula is C13H15NO3. The number of aliphatic carboxylic acids is 1. The molecule has 2 rings (SSSR count). The minimum absolute atomic E-state index is 0.0486. The van der Waals surface area contributed by atoms with E-state index < -0.39 is 5.97 Å². The lowest BCUT2D eigenvalue weighted by Gasteiger charge is -2.21. The lowest BCUT2D eigenvalue weighted by Crippen LogP contribution is -2.28. The van der Waals surface area contributed by atoms with E-state index in [1.54, 1.807) is 4.90 Å². The molecule has 0 bridgehead atoms. The Morgan fingerprint density at radius 3 is 2.71 bits per heavy atom. The van der Waals surface area contributed by atoms with Crippen molar-refractivity contribution in [1.82, 2.24) is 4.90 Å². The van der Waals surface area contributed by atoms with Crippen molar-refractivity contribution in [1.29, 1.82) is 0 Å². The standard InChI is InChI=1S/C13H15NO3/c1-9-11-5-3-2-4-10(11)8-14(9)12(15)6-7-13(16)17/h2-5,9H,6-8H2,1H3,(H,16,17)/t9-/m1/s1. The monoisotopic (exact) mass is 233 g/mol. The number of rotatable bonds is 3. The maximum absolute atomic E-state index is 11.9. The molecule has 4 heteroatoms. The summed E-state index contributed by atoms with van der Waals surface area (Å²) in [5, 5.41) is 8.57. The average Bonchev–Trinajstić information content (AvgIpc) is 2.64. The van der Waals surface area contributed by atoms with Gasteiger partial charge in [-0.2, -0.15) is 0 Å². The number of carbonyl (C=O) groups excluding carboxylic acids is 1. The molecule has 0 unspecified atom stereocenters. The summed E-state index contributed by atoms with van der Waals surface area (Å²) in [4.78, 5) is 24.1. The van der Waals surface area contributed by atoms with E-state index in [4.69, 9.17) is 5.11 Å². The number of nitrogens with zero attached hydrogens (tertiary/aromatic N) is 1. The summed E-state index contributed by atoms with van der Waals surface area (Å²) in [6.45, 7) is 2.57. The van der Waals surface area contributed by atoms with Gasteiger partial charge in [0, 0.05) is 13.0 Å². The van der Waals surface area contributed by atoms with Crippen LogP contribution in [0.2, 0.25) is 0 Å². The zero-order chi connectivity index (χ0) is 12.4. The third-order valence-corrected chi connectivity index (χ3v) is 3.19. The fourth-order valence-electron chi connectivity index (χ4n) is 2.24. The molecule has 1 aromatic carbocycles. The molecular weight excluding hydrogens is 218 g/mol. The first-order chi connectivity index (χ1) is 8.09. The van der Waals surface area contributed by atoms with Crippen molar-refractivity contribution in [3.63, 3.8) is 0 Å². The zero-order valence-electron chi connectivity index (χ0n) is 9.72. The summed E-state index contributed by atoms with van der Waals surface area (Å²) in [7, 11) is 0. The minimum Gasteiger partial charge on any atom is -0.481 e. The van der Waals surface area contributed by atoms with Crippen LogP contribution in [0.4, 0.5) is 0 Å². The topological polar surface area (TPSA) is 57.6 Å². The zero-order valence-corrected chi connectivity index (χ0v) is 9.72. The van der Waals surface area contributed by atoms with Gasteiger partial charge >= 0.3 is 5.97 Å². The van der Waals surface area contributed by atoms with Crippen LogP contribution in [-0.4, -0.2) is 21.9 Å². The number of benzene rings is 1. The molecule has 1 atom stereocenters. The quantitative estimate of drug-likeness (QED) is 0.868. The number of fused-ring (bicyclic) bond motifs is 1. The summed E-state index contributed by atoms with van der Waals surface area (Å²) < 4.78 is 0. The predicted molar refractivity (Wildman–Crippen MR) is 62.3 cm³/mol. The highest BCUT2D eigenvalue weighted by atomic mass is 16.4. The van der Waals surface area contributed by atoms with Crippen molar-refractivity contribution in [3.05, 3.63) is 35.4 Å². The Kier molecular flexibility index (Phi) is 3.13. The molecule has 4 nitrogen and oxygen atoms in total. The summed E-state index contributed by atoms with van der Waals surface area (Å²) in [6.07, 6.45) is -0.0218. The van der Waals surface area contributed by atoms with Gasteiger partial charge in [-0.25, -0.2) is 0 Å². The van der Waals surface area contributed by atoms with E-state index in [1.165, 1.54) is 0 Å². The fraction of sp³-hybridized carbons (Fsp3) is 0.385. The lowest BCUT2D eigenvalue weighted by molar-refractivity contribution is -0.141. The summed E-state index contributed by atoms with van der Waals surface area (Å²) >= 11 is 0. The van der Waals surface area contributed by atoms with Crippen molar-refractivity contribution < 1.29 is 14.7 Å². The Morgan fingerprint density at radius 1 is 1.35 bits per heavy atom. The fourth-order valence-corrected chi connectivity index (χ4v) is 2.24. The van der Waals surface area contributed by atoms with Crippen molar-refractivity contribution in [2.75, 3.05) is 0 Å². The second-order valence-corrected chi connectivity index (χ2v) is 4.29. The molecule has 90 valence electrons. The maximum Gasteiger partial charge on any atom is 0.303 e. The van der Waals surface area contributed by atoms with Crippen LogP contribution in [0.1, 0.15) is 36.9 Å². The van der Waals surface area contributed by atoms with Gasteiger partial charge in [-0.15, -0.1) is 0 Å². The molecule has 0 aliphatic carbocycles. The van der Waals surface area contributed by atoms with Gasteiger partial charge in [-0.3, -0.25) is 9.59 Å². The van der Waals surface area contributed by atoms with Gasteiger partial charge in [-0.1, -0.05) is 24.3 Å². The molecule has 0 saturated carbocycles. The van der Waals surface area contributed by atoms with Crippen LogP contribution in [0.15, 0.2) is 24.3 Å². The Bertz CT molecular complexity index is 456. The second-order valence-electron chi connectivity index (χ2n) is 4.29. The average molecular weight is 233 g/mol. The number of hydrogen-bond donors (Lipinski definition) is 1. The first-order valence-electron chi connectivity index (χ1n) is 5.68. The van der Waals surface area contributed by atoms with E-state index >= 15 is 0 Å². The molecule has 1 aromatic rings. The molecule has 1 aliphatic rings. The summed E-state index contributed by atoms with van der Waals surface area (Å²) in [5.74, 6) is -1.01. The normalized spacial score (nSPS) is 17.9. The smallest absolute Gasteiger partial charge is 0.303 e. The Balaban J connectivity index is 2.06. The molecule has 1 heterocycles. The highest BCUT2D eigenvalue weighted by Gasteiger charge is 2.29. The molecule has 0 fully saturated rings. The van der Waals surface area contributed by atoms with Crippen molar-refractivity contribution in [2.45, 2.75) is 32.4 Å². The maximum atomic E-state index is 11.9. The van der Waals surface area contributed by atoms with Gasteiger partial charge in [0.1, 0.15) is 0 Å². The van der Waals surface area contributed by atoms with Crippen LogP contribution in [0.3, 0.4) is 0 Å². The van der Waals surface area contributed by atoms with E-state index in [0.717, 1.165) is 11.1 Å². The molecule has 17 heavy (non-hydrogen) atoms. The van der Waals surface area contributed by atoms with E-state index in [2.05, 4.69) is 0 Å². The van der Waals surface area contributed by atoms with E-state index in [-0.39, 0.29) is 24.8 Å². The van der Waals surface area contributed by atoms with Crippen LogP contribution < -0.4 is 0 Å². The van der Waals surface area contributed by atoms with Gasteiger partial charge in [0.15, 0.2) is 0 Å². The van der Waals surface area contributed by atoms with Crippen molar-refractivity contribution in [2.24, 2.45) is 0 Å². The molecule has 1 N–H and O–H groups in total. The second kappa shape index (κ2) is 4.57. The number of hydrogen-bond acceptors (Lipinski definition) is 2. The van der Waals surface area contributed by atoms with E-state index in [1.807, 2.05) is 31.2 Å². The van der Waals surface area contributed by atoms with Crippen LogP contribution >= 0.6 is 0 Å². The van der Waals surface area contributed by atoms with Crippen LogP contribution in [0.5, 0.6) is 0 Å². The predicted octanol–water partition coefficient (Wildman–Crippen LogP) is 1.95. The molecule has 0 radical (unpaired) electrons. The molecule has 0 saturated heterocycles. The summed E-state index contributed by atoms with van der Waals surface area (Å²) in [6, 6.07) is 7.99.